The van der Waals surface area contributed by atoms with Crippen molar-refractivity contribution in [1.82, 2.24) is 10.6 Å². The smallest absolute Gasteiger partial charge is 0.314 e. The molecule has 0 aromatic heterocycles. The second-order valence-electron chi connectivity index (χ2n) is 5.47. The molecule has 1 aromatic carbocycles. The number of benzene rings is 1. The molecule has 0 bridgehead atoms. The van der Waals surface area contributed by atoms with Crippen molar-refractivity contribution >= 4 is 12.0 Å². The molecular formula is C15H21FN2O3. The van der Waals surface area contributed by atoms with Crippen molar-refractivity contribution in [2.75, 3.05) is 13.1 Å². The van der Waals surface area contributed by atoms with Crippen LogP contribution in [0.1, 0.15) is 32.3 Å². The van der Waals surface area contributed by atoms with Crippen LogP contribution in [0.25, 0.3) is 0 Å². The molecule has 0 aliphatic rings. The number of hydrogen-bond acceptors (Lipinski definition) is 2. The number of halogens is 1. The van der Waals surface area contributed by atoms with Crippen molar-refractivity contribution < 1.29 is 19.1 Å². The number of hydrogen-bond donors (Lipinski definition) is 3. The molecule has 2 amide bonds. The minimum absolute atomic E-state index is 0.0149. The quantitative estimate of drug-likeness (QED) is 0.675. The molecule has 0 radical (unpaired) electrons. The maximum Gasteiger partial charge on any atom is 0.314 e. The van der Waals surface area contributed by atoms with Gasteiger partial charge in [-0.25, -0.2) is 9.18 Å². The van der Waals surface area contributed by atoms with Gasteiger partial charge in [0.2, 0.25) is 0 Å². The van der Waals surface area contributed by atoms with Gasteiger partial charge in [-0.1, -0.05) is 32.0 Å². The van der Waals surface area contributed by atoms with Crippen LogP contribution in [0.4, 0.5) is 9.18 Å². The first-order chi connectivity index (χ1) is 9.83. The summed E-state index contributed by atoms with van der Waals surface area (Å²) >= 11 is 0. The largest absolute Gasteiger partial charge is 0.481 e. The van der Waals surface area contributed by atoms with Crippen LogP contribution >= 0.6 is 0 Å². The Labute approximate surface area is 123 Å². The van der Waals surface area contributed by atoms with Crippen LogP contribution in [-0.4, -0.2) is 30.2 Å². The van der Waals surface area contributed by atoms with E-state index in [1.807, 2.05) is 13.8 Å². The average Bonchev–Trinajstić information content (AvgIpc) is 2.41. The normalized spacial score (nSPS) is 11.0. The van der Waals surface area contributed by atoms with E-state index >= 15 is 0 Å². The highest BCUT2D eigenvalue weighted by molar-refractivity contribution is 5.74. The number of urea groups is 1. The highest BCUT2D eigenvalue weighted by Gasteiger charge is 2.24. The number of amides is 2. The van der Waals surface area contributed by atoms with E-state index in [0.29, 0.717) is 12.0 Å². The zero-order valence-electron chi connectivity index (χ0n) is 12.3. The molecule has 0 unspecified atom stereocenters. The Morgan fingerprint density at radius 2 is 1.90 bits per heavy atom. The lowest BCUT2D eigenvalue weighted by molar-refractivity contribution is -0.137. The first-order valence-electron chi connectivity index (χ1n) is 6.81. The van der Waals surface area contributed by atoms with E-state index in [2.05, 4.69) is 10.6 Å². The first kappa shape index (κ1) is 16.9. The second-order valence-corrected chi connectivity index (χ2v) is 5.47. The highest BCUT2D eigenvalue weighted by Crippen LogP contribution is 2.24. The molecule has 0 atom stereocenters. The topological polar surface area (TPSA) is 78.4 Å². The van der Waals surface area contributed by atoms with Gasteiger partial charge < -0.3 is 15.7 Å². The molecule has 0 aliphatic heterocycles. The van der Waals surface area contributed by atoms with E-state index in [-0.39, 0.29) is 31.4 Å². The van der Waals surface area contributed by atoms with Gasteiger partial charge in [-0.05, 0) is 18.1 Å². The fourth-order valence-electron chi connectivity index (χ4n) is 1.91. The molecule has 116 valence electrons. The third-order valence-electron chi connectivity index (χ3n) is 3.15. The summed E-state index contributed by atoms with van der Waals surface area (Å²) < 4.78 is 13.7. The number of carboxylic acid groups (broad SMARTS) is 1. The number of carbonyl (C=O) groups excluding carboxylic acids is 1. The van der Waals surface area contributed by atoms with E-state index in [0.717, 1.165) is 0 Å². The van der Waals surface area contributed by atoms with Crippen LogP contribution in [0.2, 0.25) is 0 Å². The van der Waals surface area contributed by atoms with Gasteiger partial charge in [0.25, 0.3) is 0 Å². The van der Waals surface area contributed by atoms with Crippen molar-refractivity contribution in [2.45, 2.75) is 32.1 Å². The number of carbonyl (C=O) groups is 2. The van der Waals surface area contributed by atoms with Gasteiger partial charge in [0.05, 0.1) is 0 Å². The van der Waals surface area contributed by atoms with E-state index in [1.54, 1.807) is 18.2 Å². The van der Waals surface area contributed by atoms with Gasteiger partial charge in [0, 0.05) is 24.9 Å². The summed E-state index contributed by atoms with van der Waals surface area (Å²) in [6.07, 6.45) is 0.389. The average molecular weight is 296 g/mol. The molecule has 0 spiro atoms. The number of aliphatic carboxylic acids is 1. The van der Waals surface area contributed by atoms with Crippen molar-refractivity contribution in [1.29, 1.82) is 0 Å². The lowest BCUT2D eigenvalue weighted by Gasteiger charge is -2.26. The molecule has 6 heteroatoms. The Balaban J connectivity index is 2.41. The van der Waals surface area contributed by atoms with Gasteiger partial charge in [-0.3, -0.25) is 4.79 Å². The third kappa shape index (κ3) is 5.81. The van der Waals surface area contributed by atoms with Crippen LogP contribution in [0.3, 0.4) is 0 Å². The van der Waals surface area contributed by atoms with Gasteiger partial charge >= 0.3 is 12.0 Å². The van der Waals surface area contributed by atoms with E-state index in [1.165, 1.54) is 6.07 Å². The summed E-state index contributed by atoms with van der Waals surface area (Å²) in [7, 11) is 0. The molecular weight excluding hydrogens is 275 g/mol. The first-order valence-corrected chi connectivity index (χ1v) is 6.81. The summed E-state index contributed by atoms with van der Waals surface area (Å²) in [5.74, 6) is -1.19. The van der Waals surface area contributed by atoms with Crippen LogP contribution in [-0.2, 0) is 10.2 Å². The molecule has 21 heavy (non-hydrogen) atoms. The molecule has 5 nitrogen and oxygen atoms in total. The standard InChI is InChI=1S/C15H21FN2O3/c1-15(2,11-6-3-4-7-12(11)16)10-18-14(21)17-9-5-8-13(19)20/h3-4,6-7H,5,8-10H2,1-2H3,(H,19,20)(H2,17,18,21). The summed E-state index contributed by atoms with van der Waals surface area (Å²) in [4.78, 5) is 21.9. The van der Waals surface area contributed by atoms with Crippen molar-refractivity contribution in [3.8, 4) is 0 Å². The number of nitrogens with one attached hydrogen (secondary N) is 2. The number of carboxylic acids is 1. The zero-order chi connectivity index (χ0) is 15.9. The van der Waals surface area contributed by atoms with Crippen molar-refractivity contribution in [3.05, 3.63) is 35.6 Å². The molecule has 1 aromatic rings. The monoisotopic (exact) mass is 296 g/mol. The van der Waals surface area contributed by atoms with Gasteiger partial charge in [0.1, 0.15) is 5.82 Å². The van der Waals surface area contributed by atoms with E-state index in [4.69, 9.17) is 5.11 Å². The van der Waals surface area contributed by atoms with Gasteiger partial charge in [0.15, 0.2) is 0 Å². The highest BCUT2D eigenvalue weighted by atomic mass is 19.1. The molecule has 0 saturated carbocycles. The lowest BCUT2D eigenvalue weighted by atomic mass is 9.84. The third-order valence-corrected chi connectivity index (χ3v) is 3.15. The Kier molecular flexibility index (Phi) is 6.14. The Bertz CT molecular complexity index is 503. The predicted octanol–water partition coefficient (Wildman–Crippen LogP) is 2.27. The van der Waals surface area contributed by atoms with Gasteiger partial charge in [-0.2, -0.15) is 0 Å². The van der Waals surface area contributed by atoms with E-state index in [9.17, 15) is 14.0 Å². The molecule has 0 fully saturated rings. The maximum absolute atomic E-state index is 13.7. The fraction of sp³-hybridized carbons (Fsp3) is 0.467. The molecule has 0 saturated heterocycles. The summed E-state index contributed by atoms with van der Waals surface area (Å²) in [5, 5.41) is 13.7. The molecule has 3 N–H and O–H groups in total. The Hall–Kier alpha value is -2.11. The Morgan fingerprint density at radius 3 is 2.52 bits per heavy atom. The SMILES string of the molecule is CC(C)(CNC(=O)NCCCC(=O)O)c1ccccc1F. The minimum atomic E-state index is -0.891. The lowest BCUT2D eigenvalue weighted by Crippen LogP contribution is -2.42. The maximum atomic E-state index is 13.7. The second kappa shape index (κ2) is 7.61. The fourth-order valence-corrected chi connectivity index (χ4v) is 1.91. The molecule has 0 heterocycles. The van der Waals surface area contributed by atoms with E-state index < -0.39 is 11.4 Å². The predicted molar refractivity (Wildman–Crippen MR) is 77.7 cm³/mol. The molecule has 1 rings (SSSR count). The number of rotatable bonds is 7. The van der Waals surface area contributed by atoms with Crippen molar-refractivity contribution in [2.24, 2.45) is 0 Å². The minimum Gasteiger partial charge on any atom is -0.481 e. The van der Waals surface area contributed by atoms with Crippen LogP contribution in [0.15, 0.2) is 24.3 Å². The summed E-state index contributed by atoms with van der Waals surface area (Å²) in [5.41, 5.74) is 0.000178. The Morgan fingerprint density at radius 1 is 1.24 bits per heavy atom. The van der Waals surface area contributed by atoms with Crippen LogP contribution in [0, 0.1) is 5.82 Å². The van der Waals surface area contributed by atoms with Crippen molar-refractivity contribution in [3.63, 3.8) is 0 Å². The zero-order valence-corrected chi connectivity index (χ0v) is 12.3. The summed E-state index contributed by atoms with van der Waals surface area (Å²) in [6, 6.07) is 6.08. The molecule has 0 aliphatic carbocycles. The van der Waals surface area contributed by atoms with Crippen LogP contribution < -0.4 is 10.6 Å². The van der Waals surface area contributed by atoms with Crippen LogP contribution in [0.5, 0.6) is 0 Å². The summed E-state index contributed by atoms with van der Waals surface area (Å²) in [6.45, 7) is 4.25. The van der Waals surface area contributed by atoms with Gasteiger partial charge in [-0.15, -0.1) is 0 Å².